The highest BCUT2D eigenvalue weighted by Gasteiger charge is 2.17. The lowest BCUT2D eigenvalue weighted by Gasteiger charge is -2.07. The predicted molar refractivity (Wildman–Crippen MR) is 51.7 cm³/mol. The van der Waals surface area contributed by atoms with E-state index in [2.05, 4.69) is 5.32 Å². The summed E-state index contributed by atoms with van der Waals surface area (Å²) >= 11 is 0. The second-order valence-corrected chi connectivity index (χ2v) is 3.57. The summed E-state index contributed by atoms with van der Waals surface area (Å²) in [5.74, 6) is 0.0700. The first-order valence-electron chi connectivity index (χ1n) is 4.66. The van der Waals surface area contributed by atoms with Crippen molar-refractivity contribution in [1.82, 2.24) is 5.32 Å². The Morgan fingerprint density at radius 2 is 2.15 bits per heavy atom. The number of carbonyl (C=O) groups excluding carboxylic acids is 1. The van der Waals surface area contributed by atoms with E-state index in [1.165, 1.54) is 5.56 Å². The van der Waals surface area contributed by atoms with Crippen molar-refractivity contribution in [2.24, 2.45) is 0 Å². The summed E-state index contributed by atoms with van der Waals surface area (Å²) in [6, 6.07) is 8.12. The molecule has 2 rings (SSSR count). The smallest absolute Gasteiger partial charge is 0.251 e. The molecule has 1 aromatic carbocycles. The molecule has 1 amide bonds. The fraction of sp³-hybridized carbons (Fsp3) is 0.364. The highest BCUT2D eigenvalue weighted by atomic mass is 16.1. The third-order valence-electron chi connectivity index (χ3n) is 2.49. The van der Waals surface area contributed by atoms with Crippen LogP contribution in [-0.4, -0.2) is 11.9 Å². The monoisotopic (exact) mass is 175 g/mol. The Bertz CT molecular complexity index is 333. The molecular formula is C11H13NO. The summed E-state index contributed by atoms with van der Waals surface area (Å²) in [5, 5.41) is 2.96. The van der Waals surface area contributed by atoms with Crippen molar-refractivity contribution in [3.05, 3.63) is 35.4 Å². The second kappa shape index (κ2) is 3.21. The van der Waals surface area contributed by atoms with Gasteiger partial charge in [0.1, 0.15) is 0 Å². The van der Waals surface area contributed by atoms with Crippen LogP contribution in [0.5, 0.6) is 0 Å². The first-order valence-corrected chi connectivity index (χ1v) is 4.66. The van der Waals surface area contributed by atoms with Gasteiger partial charge in [0.25, 0.3) is 5.91 Å². The normalized spacial score (nSPS) is 21.6. The van der Waals surface area contributed by atoms with E-state index in [-0.39, 0.29) is 5.91 Å². The van der Waals surface area contributed by atoms with Crippen LogP contribution >= 0.6 is 0 Å². The van der Waals surface area contributed by atoms with Crippen LogP contribution < -0.4 is 5.32 Å². The molecule has 1 heterocycles. The zero-order valence-corrected chi connectivity index (χ0v) is 7.71. The molecule has 13 heavy (non-hydrogen) atoms. The number of amides is 1. The summed E-state index contributed by atoms with van der Waals surface area (Å²) < 4.78 is 0. The number of hydrogen-bond donors (Lipinski definition) is 1. The Labute approximate surface area is 78.0 Å². The van der Waals surface area contributed by atoms with Gasteiger partial charge in [0.05, 0.1) is 0 Å². The number of nitrogens with one attached hydrogen (secondary N) is 1. The van der Waals surface area contributed by atoms with Gasteiger partial charge in [-0.2, -0.15) is 0 Å². The summed E-state index contributed by atoms with van der Waals surface area (Å²) in [7, 11) is 0. The van der Waals surface area contributed by atoms with Crippen molar-refractivity contribution in [3.63, 3.8) is 0 Å². The van der Waals surface area contributed by atoms with E-state index in [4.69, 9.17) is 0 Å². The van der Waals surface area contributed by atoms with Gasteiger partial charge in [-0.3, -0.25) is 4.79 Å². The van der Waals surface area contributed by atoms with Gasteiger partial charge in [-0.25, -0.2) is 0 Å². The highest BCUT2D eigenvalue weighted by molar-refractivity contribution is 5.96. The van der Waals surface area contributed by atoms with Crippen molar-refractivity contribution >= 4 is 5.91 Å². The average Bonchev–Trinajstić information content (AvgIpc) is 2.27. The summed E-state index contributed by atoms with van der Waals surface area (Å²) in [5.41, 5.74) is 2.01. The van der Waals surface area contributed by atoms with E-state index >= 15 is 0 Å². The molecule has 0 fully saturated rings. The van der Waals surface area contributed by atoms with Crippen LogP contribution in [0, 0.1) is 0 Å². The molecule has 1 aliphatic heterocycles. The molecule has 0 saturated heterocycles. The molecule has 1 atom stereocenters. The molecule has 0 radical (unpaired) electrons. The topological polar surface area (TPSA) is 29.1 Å². The minimum absolute atomic E-state index is 0.0700. The van der Waals surface area contributed by atoms with Gasteiger partial charge in [-0.05, 0) is 31.4 Å². The predicted octanol–water partition coefficient (Wildman–Crippen LogP) is 1.75. The van der Waals surface area contributed by atoms with Gasteiger partial charge in [0, 0.05) is 11.6 Å². The van der Waals surface area contributed by atoms with E-state index in [0.717, 1.165) is 18.4 Å². The first-order chi connectivity index (χ1) is 6.27. The summed E-state index contributed by atoms with van der Waals surface area (Å²) in [6.07, 6.45) is 2.03. The molecule has 1 N–H and O–H groups in total. The largest absolute Gasteiger partial charge is 0.350 e. The second-order valence-electron chi connectivity index (χ2n) is 3.57. The van der Waals surface area contributed by atoms with E-state index in [1.807, 2.05) is 31.2 Å². The zero-order valence-electron chi connectivity index (χ0n) is 7.71. The molecule has 1 aliphatic rings. The fourth-order valence-corrected chi connectivity index (χ4v) is 1.71. The summed E-state index contributed by atoms with van der Waals surface area (Å²) in [6.45, 7) is 2.05. The lowest BCUT2D eigenvalue weighted by molar-refractivity contribution is 0.0942. The quantitative estimate of drug-likeness (QED) is 0.639. The molecule has 0 saturated carbocycles. The minimum atomic E-state index is 0.0700. The number of aryl methyl sites for hydroxylation is 1. The third kappa shape index (κ3) is 1.57. The van der Waals surface area contributed by atoms with Crippen LogP contribution in [-0.2, 0) is 6.42 Å². The van der Waals surface area contributed by atoms with E-state index < -0.39 is 0 Å². The summed E-state index contributed by atoms with van der Waals surface area (Å²) in [4.78, 5) is 11.6. The van der Waals surface area contributed by atoms with Gasteiger partial charge in [-0.15, -0.1) is 0 Å². The van der Waals surface area contributed by atoms with Crippen LogP contribution in [0.25, 0.3) is 0 Å². The van der Waals surface area contributed by atoms with E-state index in [1.54, 1.807) is 0 Å². The van der Waals surface area contributed by atoms with Crippen LogP contribution in [0.4, 0.5) is 0 Å². The van der Waals surface area contributed by atoms with Crippen molar-refractivity contribution in [1.29, 1.82) is 0 Å². The van der Waals surface area contributed by atoms with Crippen molar-refractivity contribution in [3.8, 4) is 0 Å². The minimum Gasteiger partial charge on any atom is -0.350 e. The molecule has 2 heteroatoms. The Kier molecular flexibility index (Phi) is 2.05. The van der Waals surface area contributed by atoms with E-state index in [9.17, 15) is 4.79 Å². The maximum Gasteiger partial charge on any atom is 0.251 e. The van der Waals surface area contributed by atoms with Crippen LogP contribution in [0.15, 0.2) is 24.3 Å². The number of benzene rings is 1. The molecule has 0 bridgehead atoms. The van der Waals surface area contributed by atoms with Gasteiger partial charge >= 0.3 is 0 Å². The lowest BCUT2D eigenvalue weighted by Crippen LogP contribution is -2.30. The molecule has 0 unspecified atom stereocenters. The highest BCUT2D eigenvalue weighted by Crippen LogP contribution is 2.15. The van der Waals surface area contributed by atoms with Gasteiger partial charge in [0.2, 0.25) is 0 Å². The molecule has 1 aromatic rings. The fourth-order valence-electron chi connectivity index (χ4n) is 1.71. The first kappa shape index (κ1) is 8.30. The molecule has 68 valence electrons. The van der Waals surface area contributed by atoms with Crippen LogP contribution in [0.1, 0.15) is 29.3 Å². The molecule has 0 aliphatic carbocycles. The SMILES string of the molecule is C[C@H]1CCc2ccccc2C(=O)N1. The number of rotatable bonds is 0. The maximum absolute atomic E-state index is 11.6. The number of hydrogen-bond acceptors (Lipinski definition) is 1. The van der Waals surface area contributed by atoms with E-state index in [0.29, 0.717) is 6.04 Å². The van der Waals surface area contributed by atoms with Gasteiger partial charge in [-0.1, -0.05) is 18.2 Å². The average molecular weight is 175 g/mol. The van der Waals surface area contributed by atoms with Crippen molar-refractivity contribution in [2.75, 3.05) is 0 Å². The number of fused-ring (bicyclic) bond motifs is 1. The molecule has 2 nitrogen and oxygen atoms in total. The Morgan fingerprint density at radius 3 is 3.00 bits per heavy atom. The Hall–Kier alpha value is -1.31. The van der Waals surface area contributed by atoms with Crippen molar-refractivity contribution in [2.45, 2.75) is 25.8 Å². The number of carbonyl (C=O) groups is 1. The zero-order chi connectivity index (χ0) is 9.26. The molecular weight excluding hydrogens is 162 g/mol. The molecule has 0 aromatic heterocycles. The Morgan fingerprint density at radius 1 is 1.38 bits per heavy atom. The lowest BCUT2D eigenvalue weighted by atomic mass is 10.0. The standard InChI is InChI=1S/C11H13NO/c1-8-6-7-9-4-2-3-5-10(9)11(13)12-8/h2-5,8H,6-7H2,1H3,(H,12,13)/t8-/m0/s1. The maximum atomic E-state index is 11.6. The van der Waals surface area contributed by atoms with Crippen LogP contribution in [0.2, 0.25) is 0 Å². The third-order valence-corrected chi connectivity index (χ3v) is 2.49. The van der Waals surface area contributed by atoms with Crippen molar-refractivity contribution < 1.29 is 4.79 Å². The van der Waals surface area contributed by atoms with Crippen LogP contribution in [0.3, 0.4) is 0 Å². The molecule has 0 spiro atoms. The Balaban J connectivity index is 2.40. The van der Waals surface area contributed by atoms with Gasteiger partial charge < -0.3 is 5.32 Å². The van der Waals surface area contributed by atoms with Gasteiger partial charge in [0.15, 0.2) is 0 Å².